The van der Waals surface area contributed by atoms with Crippen molar-refractivity contribution >= 4 is 5.69 Å². The molecule has 0 unspecified atom stereocenters. The number of nitriles is 1. The summed E-state index contributed by atoms with van der Waals surface area (Å²) in [6.07, 6.45) is 0.161. The number of aromatic nitrogens is 1. The molecular weight excluding hydrogens is 496 g/mol. The molecule has 0 amide bonds. The molecule has 3 heterocycles. The van der Waals surface area contributed by atoms with E-state index < -0.39 is 6.10 Å². The Balaban J connectivity index is 1.25. The summed E-state index contributed by atoms with van der Waals surface area (Å²) in [5, 5.41) is 23.2. The zero-order valence-electron chi connectivity index (χ0n) is 22.1. The van der Waals surface area contributed by atoms with Crippen molar-refractivity contribution in [2.24, 2.45) is 0 Å². The summed E-state index contributed by atoms with van der Waals surface area (Å²) in [7, 11) is 1.73. The Labute approximate surface area is 228 Å². The zero-order chi connectivity index (χ0) is 27.0. The van der Waals surface area contributed by atoms with Gasteiger partial charge in [-0.15, -0.1) is 0 Å². The topological polar surface area (TPSA) is 109 Å². The van der Waals surface area contributed by atoms with Crippen LogP contribution in [0.5, 0.6) is 17.4 Å². The smallest absolute Gasteiger partial charge is 0.220 e. The molecule has 0 bridgehead atoms. The number of piperidine rings is 1. The number of aliphatic hydroxyl groups is 1. The van der Waals surface area contributed by atoms with Crippen LogP contribution >= 0.6 is 0 Å². The van der Waals surface area contributed by atoms with Crippen molar-refractivity contribution in [2.75, 3.05) is 51.4 Å². The van der Waals surface area contributed by atoms with Crippen LogP contribution in [-0.4, -0.2) is 68.8 Å². The van der Waals surface area contributed by atoms with Crippen LogP contribution in [0.2, 0.25) is 0 Å². The number of ether oxygens (including phenoxy) is 4. The number of fused-ring (bicyclic) bond motifs is 1. The Bertz CT molecular complexity index is 1280. The molecule has 39 heavy (non-hydrogen) atoms. The van der Waals surface area contributed by atoms with Crippen LogP contribution in [0.1, 0.15) is 29.2 Å². The SMILES string of the molecule is COCCCN1CCOc2ccc(CO[C@H]3CNC[C@@H](O)[C@@H]3c3ccc(Oc4cccc(C#N)n4)cc3)cc21. The van der Waals surface area contributed by atoms with Crippen LogP contribution in [0.15, 0.2) is 60.7 Å². The Hall–Kier alpha value is -3.68. The fourth-order valence-corrected chi connectivity index (χ4v) is 5.13. The normalized spacial score (nSPS) is 20.5. The lowest BCUT2D eigenvalue weighted by Crippen LogP contribution is -2.49. The second-order valence-electron chi connectivity index (χ2n) is 9.73. The van der Waals surface area contributed by atoms with Crippen LogP contribution in [0.3, 0.4) is 0 Å². The van der Waals surface area contributed by atoms with Crippen molar-refractivity contribution in [3.8, 4) is 23.4 Å². The number of nitrogens with one attached hydrogen (secondary N) is 1. The Morgan fingerprint density at radius 1 is 1.15 bits per heavy atom. The van der Waals surface area contributed by atoms with Gasteiger partial charge in [-0.3, -0.25) is 0 Å². The molecule has 9 nitrogen and oxygen atoms in total. The van der Waals surface area contributed by atoms with Crippen LogP contribution in [-0.2, 0) is 16.1 Å². The number of benzene rings is 2. The van der Waals surface area contributed by atoms with Gasteiger partial charge in [-0.1, -0.05) is 24.3 Å². The van der Waals surface area contributed by atoms with E-state index in [9.17, 15) is 5.11 Å². The summed E-state index contributed by atoms with van der Waals surface area (Å²) in [6, 6.07) is 20.9. The van der Waals surface area contributed by atoms with E-state index in [1.165, 1.54) is 0 Å². The van der Waals surface area contributed by atoms with E-state index in [1.54, 1.807) is 25.3 Å². The lowest BCUT2D eigenvalue weighted by Gasteiger charge is -2.36. The maximum absolute atomic E-state index is 10.9. The minimum absolute atomic E-state index is 0.188. The van der Waals surface area contributed by atoms with E-state index in [0.29, 0.717) is 43.6 Å². The summed E-state index contributed by atoms with van der Waals surface area (Å²) in [4.78, 5) is 6.50. The average molecular weight is 531 g/mol. The first-order valence-corrected chi connectivity index (χ1v) is 13.3. The van der Waals surface area contributed by atoms with Crippen molar-refractivity contribution < 1.29 is 24.1 Å². The molecule has 0 aliphatic carbocycles. The van der Waals surface area contributed by atoms with Crippen LogP contribution in [0, 0.1) is 11.3 Å². The first-order valence-electron chi connectivity index (χ1n) is 13.3. The molecule has 1 fully saturated rings. The quantitative estimate of drug-likeness (QED) is 0.380. The number of pyridine rings is 1. The molecular formula is C30H34N4O5. The number of nitrogens with zero attached hydrogens (tertiary/aromatic N) is 3. The number of hydrogen-bond acceptors (Lipinski definition) is 9. The minimum Gasteiger partial charge on any atom is -0.490 e. The number of β-amino-alcohol motifs (C(OH)–C–C–N with tert-alkyl or cyclic N) is 1. The molecule has 9 heteroatoms. The third-order valence-electron chi connectivity index (χ3n) is 7.06. The predicted molar refractivity (Wildman–Crippen MR) is 146 cm³/mol. The second kappa shape index (κ2) is 12.9. The molecule has 2 aromatic carbocycles. The van der Waals surface area contributed by atoms with Crippen molar-refractivity contribution in [3.05, 3.63) is 77.5 Å². The fourth-order valence-electron chi connectivity index (χ4n) is 5.13. The van der Waals surface area contributed by atoms with Gasteiger partial charge in [-0.05, 0) is 47.9 Å². The maximum Gasteiger partial charge on any atom is 0.220 e. The first-order chi connectivity index (χ1) is 19.1. The standard InChI is InChI=1S/C30H34N4O5/c1-36-14-3-12-34-13-15-37-27-11-6-21(16-25(27)34)20-38-28-19-32-18-26(35)30(28)22-7-9-24(10-8-22)39-29-5-2-4-23(17-31)33-29/h2,4-11,16,26,28,30,32,35H,3,12-15,18-20H2,1H3/t26-,28+,30+/m1/s1. The van der Waals surface area contributed by atoms with Gasteiger partial charge in [0, 0.05) is 45.3 Å². The molecule has 0 radical (unpaired) electrons. The van der Waals surface area contributed by atoms with E-state index in [0.717, 1.165) is 48.7 Å². The van der Waals surface area contributed by atoms with Crippen molar-refractivity contribution in [2.45, 2.75) is 31.2 Å². The molecule has 1 saturated heterocycles. The molecule has 1 aromatic heterocycles. The van der Waals surface area contributed by atoms with Crippen LogP contribution < -0.4 is 19.7 Å². The second-order valence-corrected chi connectivity index (χ2v) is 9.73. The Kier molecular flexibility index (Phi) is 8.91. The summed E-state index contributed by atoms with van der Waals surface area (Å²) >= 11 is 0. The Morgan fingerprint density at radius 3 is 2.85 bits per heavy atom. The van der Waals surface area contributed by atoms with Gasteiger partial charge in [0.15, 0.2) is 0 Å². The predicted octanol–water partition coefficient (Wildman–Crippen LogP) is 3.61. The highest BCUT2D eigenvalue weighted by Gasteiger charge is 2.34. The zero-order valence-corrected chi connectivity index (χ0v) is 22.1. The molecule has 2 N–H and O–H groups in total. The van der Waals surface area contributed by atoms with Crippen LogP contribution in [0.25, 0.3) is 0 Å². The van der Waals surface area contributed by atoms with Gasteiger partial charge < -0.3 is 34.3 Å². The summed E-state index contributed by atoms with van der Waals surface area (Å²) in [5.41, 5.74) is 3.42. The van der Waals surface area contributed by atoms with Gasteiger partial charge in [0.25, 0.3) is 0 Å². The molecule has 2 aliphatic rings. The molecule has 204 valence electrons. The van der Waals surface area contributed by atoms with Gasteiger partial charge in [0.1, 0.15) is 29.9 Å². The number of aliphatic hydroxyl groups excluding tert-OH is 1. The van der Waals surface area contributed by atoms with E-state index in [2.05, 4.69) is 21.3 Å². The van der Waals surface area contributed by atoms with Gasteiger partial charge in [0.05, 0.1) is 31.0 Å². The summed E-state index contributed by atoms with van der Waals surface area (Å²) in [6.45, 7) is 4.73. The fraction of sp³-hybridized carbons (Fsp3) is 0.400. The van der Waals surface area contributed by atoms with Gasteiger partial charge in [-0.25, -0.2) is 4.98 Å². The number of rotatable bonds is 10. The highest BCUT2D eigenvalue weighted by Crippen LogP contribution is 2.34. The number of anilines is 1. The molecule has 5 rings (SSSR count). The van der Waals surface area contributed by atoms with E-state index in [4.69, 9.17) is 24.2 Å². The minimum atomic E-state index is -0.585. The average Bonchev–Trinajstić information content (AvgIpc) is 2.97. The number of methoxy groups -OCH3 is 1. The number of hydrogen-bond donors (Lipinski definition) is 2. The van der Waals surface area contributed by atoms with Crippen LogP contribution in [0.4, 0.5) is 5.69 Å². The molecule has 2 aliphatic heterocycles. The Morgan fingerprint density at radius 2 is 2.03 bits per heavy atom. The highest BCUT2D eigenvalue weighted by molar-refractivity contribution is 5.61. The van der Waals surface area contributed by atoms with Gasteiger partial charge >= 0.3 is 0 Å². The van der Waals surface area contributed by atoms with Crippen molar-refractivity contribution in [1.82, 2.24) is 10.3 Å². The van der Waals surface area contributed by atoms with Gasteiger partial charge in [-0.2, -0.15) is 5.26 Å². The lowest BCUT2D eigenvalue weighted by molar-refractivity contribution is -0.0328. The summed E-state index contributed by atoms with van der Waals surface area (Å²) < 4.78 is 23.3. The van der Waals surface area contributed by atoms with E-state index >= 15 is 0 Å². The van der Waals surface area contributed by atoms with Gasteiger partial charge in [0.2, 0.25) is 5.88 Å². The largest absolute Gasteiger partial charge is 0.490 e. The van der Waals surface area contributed by atoms with E-state index in [-0.39, 0.29) is 12.0 Å². The molecule has 3 aromatic rings. The molecule has 0 spiro atoms. The van der Waals surface area contributed by atoms with Crippen molar-refractivity contribution in [1.29, 1.82) is 5.26 Å². The third kappa shape index (κ3) is 6.67. The van der Waals surface area contributed by atoms with Crippen molar-refractivity contribution in [3.63, 3.8) is 0 Å². The summed E-state index contributed by atoms with van der Waals surface area (Å²) in [5.74, 6) is 1.67. The molecule has 0 saturated carbocycles. The monoisotopic (exact) mass is 530 g/mol. The third-order valence-corrected chi connectivity index (χ3v) is 7.06. The lowest BCUT2D eigenvalue weighted by atomic mass is 9.85. The molecule has 3 atom stereocenters. The first kappa shape index (κ1) is 26.9. The van der Waals surface area contributed by atoms with E-state index in [1.807, 2.05) is 42.5 Å². The highest BCUT2D eigenvalue weighted by atomic mass is 16.5. The maximum atomic E-state index is 10.9.